The monoisotopic (exact) mass is 142 g/mol. The number of methoxy groups -OCH3 is 1. The van der Waals surface area contributed by atoms with Gasteiger partial charge in [0.25, 0.3) is 0 Å². The molecule has 10 heavy (non-hydrogen) atoms. The van der Waals surface area contributed by atoms with Gasteiger partial charge in [-0.3, -0.25) is 0 Å². The van der Waals surface area contributed by atoms with E-state index in [1.54, 1.807) is 18.1 Å². The van der Waals surface area contributed by atoms with Crippen LogP contribution in [0.1, 0.15) is 0 Å². The summed E-state index contributed by atoms with van der Waals surface area (Å²) in [6.07, 6.45) is 1.58. The molecule has 0 bridgehead atoms. The molecule has 0 saturated carbocycles. The van der Waals surface area contributed by atoms with Gasteiger partial charge in [-0.2, -0.15) is 0 Å². The highest BCUT2D eigenvalue weighted by Crippen LogP contribution is 1.88. The first-order chi connectivity index (χ1) is 4.83. The molecule has 0 spiro atoms. The molecule has 0 radical (unpaired) electrons. The minimum absolute atomic E-state index is 0.302. The van der Waals surface area contributed by atoms with Gasteiger partial charge in [-0.1, -0.05) is 0 Å². The molecular formula is C5H10N4O. The van der Waals surface area contributed by atoms with Crippen LogP contribution < -0.4 is 5.73 Å². The van der Waals surface area contributed by atoms with Crippen molar-refractivity contribution in [3.8, 4) is 0 Å². The van der Waals surface area contributed by atoms with Gasteiger partial charge in [0.05, 0.1) is 13.2 Å². The third-order valence-electron chi connectivity index (χ3n) is 1.08. The van der Waals surface area contributed by atoms with Crippen LogP contribution in [-0.4, -0.2) is 28.5 Å². The zero-order valence-corrected chi connectivity index (χ0v) is 5.82. The summed E-state index contributed by atoms with van der Waals surface area (Å²) in [5.74, 6) is 0.302. The molecule has 0 aliphatic carbocycles. The van der Waals surface area contributed by atoms with Crippen molar-refractivity contribution in [1.29, 1.82) is 0 Å². The Balaban J connectivity index is 2.42. The Labute approximate surface area is 58.8 Å². The fourth-order valence-corrected chi connectivity index (χ4v) is 0.602. The van der Waals surface area contributed by atoms with E-state index in [2.05, 4.69) is 10.1 Å². The zero-order chi connectivity index (χ0) is 7.40. The topological polar surface area (TPSA) is 66.0 Å². The second-order valence-electron chi connectivity index (χ2n) is 1.86. The molecule has 1 aromatic rings. The van der Waals surface area contributed by atoms with Gasteiger partial charge >= 0.3 is 0 Å². The van der Waals surface area contributed by atoms with Crippen molar-refractivity contribution >= 4 is 5.95 Å². The third kappa shape index (κ3) is 1.70. The Bertz CT molecular complexity index is 197. The number of hydrogen-bond donors (Lipinski definition) is 1. The number of hydrogen-bond acceptors (Lipinski definition) is 4. The van der Waals surface area contributed by atoms with Gasteiger partial charge in [0.15, 0.2) is 0 Å². The largest absolute Gasteiger partial charge is 0.383 e. The molecular weight excluding hydrogens is 132 g/mol. The first-order valence-electron chi connectivity index (χ1n) is 2.97. The predicted molar refractivity (Wildman–Crippen MR) is 36.3 cm³/mol. The first kappa shape index (κ1) is 7.01. The van der Waals surface area contributed by atoms with E-state index in [1.807, 2.05) is 0 Å². The molecule has 5 nitrogen and oxygen atoms in total. The number of nitrogens with zero attached hydrogens (tertiary/aromatic N) is 3. The van der Waals surface area contributed by atoms with E-state index in [1.165, 1.54) is 0 Å². The summed E-state index contributed by atoms with van der Waals surface area (Å²) in [7, 11) is 1.64. The molecule has 0 aliphatic heterocycles. The average Bonchev–Trinajstić information content (AvgIpc) is 2.31. The first-order valence-corrected chi connectivity index (χ1v) is 2.97. The van der Waals surface area contributed by atoms with Gasteiger partial charge in [0.2, 0.25) is 5.95 Å². The number of aromatic nitrogens is 3. The van der Waals surface area contributed by atoms with Crippen LogP contribution in [0.2, 0.25) is 0 Å². The minimum atomic E-state index is 0.302. The molecule has 5 heteroatoms. The number of rotatable bonds is 3. The summed E-state index contributed by atoms with van der Waals surface area (Å²) in [4.78, 5) is 3.74. The number of ether oxygens (including phenoxy) is 1. The van der Waals surface area contributed by atoms with Crippen molar-refractivity contribution in [1.82, 2.24) is 14.8 Å². The van der Waals surface area contributed by atoms with Crippen molar-refractivity contribution in [3.63, 3.8) is 0 Å². The molecule has 0 saturated heterocycles. The molecule has 0 aromatic carbocycles. The van der Waals surface area contributed by atoms with E-state index in [0.717, 1.165) is 0 Å². The maximum absolute atomic E-state index is 5.27. The van der Waals surface area contributed by atoms with E-state index in [9.17, 15) is 0 Å². The van der Waals surface area contributed by atoms with Gasteiger partial charge in [-0.15, -0.1) is 5.10 Å². The molecule has 0 amide bonds. The zero-order valence-electron chi connectivity index (χ0n) is 5.82. The highest BCUT2D eigenvalue weighted by molar-refractivity contribution is 5.08. The van der Waals surface area contributed by atoms with E-state index < -0.39 is 0 Å². The number of nitrogens with two attached hydrogens (primary N) is 1. The van der Waals surface area contributed by atoms with Gasteiger partial charge in [0, 0.05) is 7.11 Å². The fourth-order valence-electron chi connectivity index (χ4n) is 0.602. The van der Waals surface area contributed by atoms with Crippen LogP contribution >= 0.6 is 0 Å². The Morgan fingerprint density at radius 2 is 2.60 bits per heavy atom. The molecule has 0 atom stereocenters. The molecule has 1 heterocycles. The van der Waals surface area contributed by atoms with Crippen LogP contribution in [-0.2, 0) is 11.3 Å². The summed E-state index contributed by atoms with van der Waals surface area (Å²) in [6.45, 7) is 1.32. The van der Waals surface area contributed by atoms with Crippen molar-refractivity contribution < 1.29 is 4.74 Å². The maximum atomic E-state index is 5.27. The normalized spacial score (nSPS) is 10.1. The predicted octanol–water partition coefficient (Wildman–Crippen LogP) is -0.493. The molecule has 0 unspecified atom stereocenters. The fraction of sp³-hybridized carbons (Fsp3) is 0.600. The highest BCUT2D eigenvalue weighted by Gasteiger charge is 1.92. The van der Waals surface area contributed by atoms with Crippen molar-refractivity contribution in [2.45, 2.75) is 6.54 Å². The number of anilines is 1. The summed E-state index contributed by atoms with van der Waals surface area (Å²) < 4.78 is 6.46. The summed E-state index contributed by atoms with van der Waals surface area (Å²) in [5.41, 5.74) is 5.27. The average molecular weight is 142 g/mol. The smallest absolute Gasteiger partial charge is 0.239 e. The second-order valence-corrected chi connectivity index (χ2v) is 1.86. The van der Waals surface area contributed by atoms with Crippen molar-refractivity contribution in [2.75, 3.05) is 19.5 Å². The van der Waals surface area contributed by atoms with Crippen LogP contribution in [0, 0.1) is 0 Å². The molecule has 56 valence electrons. The Kier molecular flexibility index (Phi) is 2.22. The van der Waals surface area contributed by atoms with E-state index in [4.69, 9.17) is 10.5 Å². The highest BCUT2D eigenvalue weighted by atomic mass is 16.5. The van der Waals surface area contributed by atoms with Crippen LogP contribution in [0.4, 0.5) is 5.95 Å². The van der Waals surface area contributed by atoms with Gasteiger partial charge in [0.1, 0.15) is 6.33 Å². The summed E-state index contributed by atoms with van der Waals surface area (Å²) in [5, 5.41) is 3.85. The third-order valence-corrected chi connectivity index (χ3v) is 1.08. The Morgan fingerprint density at radius 3 is 3.10 bits per heavy atom. The SMILES string of the molecule is COCCn1cnc(N)n1. The van der Waals surface area contributed by atoms with Gasteiger partial charge in [-0.05, 0) is 0 Å². The number of nitrogen functional groups attached to an aromatic ring is 1. The lowest BCUT2D eigenvalue weighted by molar-refractivity contribution is 0.183. The van der Waals surface area contributed by atoms with Crippen molar-refractivity contribution in [2.24, 2.45) is 0 Å². The molecule has 0 aliphatic rings. The lowest BCUT2D eigenvalue weighted by Gasteiger charge is -1.96. The lowest BCUT2D eigenvalue weighted by atomic mass is 10.7. The Morgan fingerprint density at radius 1 is 1.80 bits per heavy atom. The summed E-state index contributed by atoms with van der Waals surface area (Å²) >= 11 is 0. The standard InChI is InChI=1S/C5H10N4O/c1-10-3-2-9-4-7-5(6)8-9/h4H,2-3H2,1H3,(H2,6,8). The van der Waals surface area contributed by atoms with Crippen molar-refractivity contribution in [3.05, 3.63) is 6.33 Å². The maximum Gasteiger partial charge on any atom is 0.239 e. The lowest BCUT2D eigenvalue weighted by Crippen LogP contribution is -2.04. The van der Waals surface area contributed by atoms with E-state index in [0.29, 0.717) is 19.1 Å². The van der Waals surface area contributed by atoms with Crippen LogP contribution in [0.5, 0.6) is 0 Å². The van der Waals surface area contributed by atoms with Crippen LogP contribution in [0.25, 0.3) is 0 Å². The summed E-state index contributed by atoms with van der Waals surface area (Å²) in [6, 6.07) is 0. The molecule has 0 fully saturated rings. The van der Waals surface area contributed by atoms with E-state index >= 15 is 0 Å². The van der Waals surface area contributed by atoms with E-state index in [-0.39, 0.29) is 0 Å². The van der Waals surface area contributed by atoms with Gasteiger partial charge in [-0.25, -0.2) is 9.67 Å². The van der Waals surface area contributed by atoms with Gasteiger partial charge < -0.3 is 10.5 Å². The second kappa shape index (κ2) is 3.17. The molecule has 1 aromatic heterocycles. The minimum Gasteiger partial charge on any atom is -0.383 e. The quantitative estimate of drug-likeness (QED) is 0.618. The molecule has 1 rings (SSSR count). The molecule has 2 N–H and O–H groups in total. The van der Waals surface area contributed by atoms with Crippen LogP contribution in [0.3, 0.4) is 0 Å². The van der Waals surface area contributed by atoms with Crippen LogP contribution in [0.15, 0.2) is 6.33 Å². The Hall–Kier alpha value is -1.10.